The van der Waals surface area contributed by atoms with E-state index in [0.717, 1.165) is 11.8 Å². The molecule has 3 aliphatic rings. The lowest BCUT2D eigenvalue weighted by Gasteiger charge is -2.19. The van der Waals surface area contributed by atoms with Crippen molar-refractivity contribution in [2.24, 2.45) is 11.8 Å². The van der Waals surface area contributed by atoms with Crippen molar-refractivity contribution in [3.8, 4) is 0 Å². The summed E-state index contributed by atoms with van der Waals surface area (Å²) in [5.74, 6) is 1.95. The van der Waals surface area contributed by atoms with Crippen molar-refractivity contribution in [1.29, 1.82) is 0 Å². The van der Waals surface area contributed by atoms with E-state index >= 15 is 0 Å². The molecule has 2 saturated heterocycles. The van der Waals surface area contributed by atoms with Crippen molar-refractivity contribution >= 4 is 0 Å². The number of fused-ring (bicyclic) bond motifs is 2. The largest absolute Gasteiger partial charge is 0.373 e. The lowest BCUT2D eigenvalue weighted by molar-refractivity contribution is 0.0973. The Hall–Kier alpha value is -0.0800. The van der Waals surface area contributed by atoms with Gasteiger partial charge in [0.25, 0.3) is 0 Å². The van der Waals surface area contributed by atoms with E-state index in [4.69, 9.17) is 4.74 Å². The normalized spacial score (nSPS) is 52.8. The van der Waals surface area contributed by atoms with Crippen LogP contribution in [0.2, 0.25) is 0 Å². The number of nitrogens with one attached hydrogen (secondary N) is 1. The highest BCUT2D eigenvalue weighted by Gasteiger charge is 2.41. The molecule has 0 aromatic heterocycles. The third-order valence-electron chi connectivity index (χ3n) is 4.02. The summed E-state index contributed by atoms with van der Waals surface area (Å²) in [5.41, 5.74) is 0. The second kappa shape index (κ2) is 2.96. The van der Waals surface area contributed by atoms with E-state index in [1.165, 1.54) is 32.2 Å². The van der Waals surface area contributed by atoms with Crippen LogP contribution in [0.3, 0.4) is 0 Å². The minimum Gasteiger partial charge on any atom is -0.373 e. The van der Waals surface area contributed by atoms with Crippen LogP contribution in [0.15, 0.2) is 0 Å². The van der Waals surface area contributed by atoms with Gasteiger partial charge in [-0.2, -0.15) is 0 Å². The van der Waals surface area contributed by atoms with E-state index < -0.39 is 0 Å². The number of ether oxygens (including phenoxy) is 1. The van der Waals surface area contributed by atoms with Crippen LogP contribution in [0.1, 0.15) is 32.6 Å². The fraction of sp³-hybridized carbons (Fsp3) is 1.00. The molecule has 4 unspecified atom stereocenters. The third kappa shape index (κ3) is 1.50. The molecule has 13 heavy (non-hydrogen) atoms. The molecule has 2 bridgehead atoms. The predicted octanol–water partition coefficient (Wildman–Crippen LogP) is 1.55. The van der Waals surface area contributed by atoms with E-state index in [1.807, 2.05) is 0 Å². The van der Waals surface area contributed by atoms with Gasteiger partial charge in [-0.15, -0.1) is 0 Å². The summed E-state index contributed by atoms with van der Waals surface area (Å²) in [7, 11) is 0. The van der Waals surface area contributed by atoms with Crippen LogP contribution >= 0.6 is 0 Å². The summed E-state index contributed by atoms with van der Waals surface area (Å²) in [6.45, 7) is 3.59. The van der Waals surface area contributed by atoms with Crippen molar-refractivity contribution in [1.82, 2.24) is 5.32 Å². The summed E-state index contributed by atoms with van der Waals surface area (Å²) in [6.07, 6.45) is 6.46. The van der Waals surface area contributed by atoms with E-state index in [2.05, 4.69) is 12.2 Å². The molecular weight excluding hydrogens is 162 g/mol. The monoisotopic (exact) mass is 181 g/mol. The minimum absolute atomic E-state index is 0.555. The fourth-order valence-electron chi connectivity index (χ4n) is 2.84. The maximum atomic E-state index is 5.80. The van der Waals surface area contributed by atoms with Crippen LogP contribution < -0.4 is 5.32 Å². The Kier molecular flexibility index (Phi) is 1.88. The first-order valence-electron chi connectivity index (χ1n) is 5.72. The van der Waals surface area contributed by atoms with Gasteiger partial charge in [0.1, 0.15) is 0 Å². The van der Waals surface area contributed by atoms with Crippen LogP contribution in [0.4, 0.5) is 0 Å². The number of hydrogen-bond acceptors (Lipinski definition) is 2. The Morgan fingerprint density at radius 2 is 2.15 bits per heavy atom. The van der Waals surface area contributed by atoms with Gasteiger partial charge in [0.15, 0.2) is 0 Å². The van der Waals surface area contributed by atoms with Gasteiger partial charge in [-0.25, -0.2) is 0 Å². The maximum absolute atomic E-state index is 5.80. The summed E-state index contributed by atoms with van der Waals surface area (Å²) in [6, 6.07) is 0.687. The van der Waals surface area contributed by atoms with E-state index in [1.54, 1.807) is 0 Å². The molecule has 3 fully saturated rings. The molecule has 1 N–H and O–H groups in total. The van der Waals surface area contributed by atoms with E-state index in [9.17, 15) is 0 Å². The van der Waals surface area contributed by atoms with Gasteiger partial charge in [-0.3, -0.25) is 0 Å². The first-order chi connectivity index (χ1) is 6.33. The van der Waals surface area contributed by atoms with Crippen molar-refractivity contribution < 1.29 is 4.74 Å². The van der Waals surface area contributed by atoms with Crippen molar-refractivity contribution in [3.05, 3.63) is 0 Å². The highest BCUT2D eigenvalue weighted by Crippen LogP contribution is 2.38. The lowest BCUT2D eigenvalue weighted by Crippen LogP contribution is -2.38. The smallest absolute Gasteiger partial charge is 0.0733 e. The second-order valence-electron chi connectivity index (χ2n) is 5.10. The molecule has 0 radical (unpaired) electrons. The molecule has 0 spiro atoms. The molecule has 2 nitrogen and oxygen atoms in total. The highest BCUT2D eigenvalue weighted by atomic mass is 16.5. The first-order valence-corrected chi connectivity index (χ1v) is 5.72. The highest BCUT2D eigenvalue weighted by molar-refractivity contribution is 4.95. The zero-order valence-corrected chi connectivity index (χ0v) is 8.33. The summed E-state index contributed by atoms with van der Waals surface area (Å²) in [5, 5.41) is 3.68. The van der Waals surface area contributed by atoms with Gasteiger partial charge in [0.2, 0.25) is 0 Å². The van der Waals surface area contributed by atoms with E-state index in [0.29, 0.717) is 18.2 Å². The van der Waals surface area contributed by atoms with Gasteiger partial charge >= 0.3 is 0 Å². The molecule has 2 aliphatic heterocycles. The maximum Gasteiger partial charge on any atom is 0.0733 e. The molecule has 0 aromatic carbocycles. The van der Waals surface area contributed by atoms with Crippen LogP contribution in [0, 0.1) is 11.8 Å². The van der Waals surface area contributed by atoms with Gasteiger partial charge < -0.3 is 10.1 Å². The van der Waals surface area contributed by atoms with Gasteiger partial charge in [0, 0.05) is 6.04 Å². The van der Waals surface area contributed by atoms with Crippen molar-refractivity contribution in [3.63, 3.8) is 0 Å². The Morgan fingerprint density at radius 3 is 2.69 bits per heavy atom. The molecule has 2 heteroatoms. The molecule has 1 aliphatic carbocycles. The lowest BCUT2D eigenvalue weighted by atomic mass is 9.95. The zero-order chi connectivity index (χ0) is 8.84. The molecule has 74 valence electrons. The molecule has 2 heterocycles. The average Bonchev–Trinajstić information content (AvgIpc) is 2.60. The van der Waals surface area contributed by atoms with Gasteiger partial charge in [-0.1, -0.05) is 6.92 Å². The van der Waals surface area contributed by atoms with Crippen LogP contribution in [-0.2, 0) is 4.74 Å². The van der Waals surface area contributed by atoms with Gasteiger partial charge in [0.05, 0.1) is 12.2 Å². The summed E-state index contributed by atoms with van der Waals surface area (Å²) in [4.78, 5) is 0. The second-order valence-corrected chi connectivity index (χ2v) is 5.10. The Labute approximate surface area is 80.0 Å². The molecule has 1 saturated carbocycles. The molecule has 0 amide bonds. The number of hydrogen-bond donors (Lipinski definition) is 1. The van der Waals surface area contributed by atoms with Gasteiger partial charge in [-0.05, 0) is 44.1 Å². The Balaban J connectivity index is 1.46. The Morgan fingerprint density at radius 1 is 1.31 bits per heavy atom. The predicted molar refractivity (Wildman–Crippen MR) is 51.6 cm³/mol. The standard InChI is InChI=1S/C11H19NO/c1-7-4-8(7)6-12-10-5-9-2-3-11(10)13-9/h7-12H,2-6H2,1H3/t7?,8?,9?,10-,11?/m0/s1. The van der Waals surface area contributed by atoms with E-state index in [-0.39, 0.29) is 0 Å². The van der Waals surface area contributed by atoms with Crippen LogP contribution in [0.25, 0.3) is 0 Å². The Bertz CT molecular complexity index is 206. The molecular formula is C11H19NO. The molecule has 5 atom stereocenters. The SMILES string of the molecule is CC1CC1CN[C@H]1CC2CCC1O2. The molecule has 0 aromatic rings. The number of rotatable bonds is 3. The zero-order valence-electron chi connectivity index (χ0n) is 8.33. The van der Waals surface area contributed by atoms with Crippen molar-refractivity contribution in [2.45, 2.75) is 50.9 Å². The van der Waals surface area contributed by atoms with Crippen LogP contribution in [0.5, 0.6) is 0 Å². The first kappa shape index (κ1) is 8.25. The quantitative estimate of drug-likeness (QED) is 0.713. The molecule has 3 rings (SSSR count). The average molecular weight is 181 g/mol. The summed E-state index contributed by atoms with van der Waals surface area (Å²) >= 11 is 0. The topological polar surface area (TPSA) is 21.3 Å². The third-order valence-corrected chi connectivity index (χ3v) is 4.02. The summed E-state index contributed by atoms with van der Waals surface area (Å²) < 4.78 is 5.80. The van der Waals surface area contributed by atoms with Crippen LogP contribution in [-0.4, -0.2) is 24.8 Å². The minimum atomic E-state index is 0.555. The van der Waals surface area contributed by atoms with Crippen molar-refractivity contribution in [2.75, 3.05) is 6.54 Å². The fourth-order valence-corrected chi connectivity index (χ4v) is 2.84.